The lowest BCUT2D eigenvalue weighted by Gasteiger charge is -2.14. The molecule has 2 rings (SSSR count). The number of anilines is 1. The van der Waals surface area contributed by atoms with E-state index in [2.05, 4.69) is 15.3 Å². The maximum absolute atomic E-state index is 8.91. The molecule has 4 nitrogen and oxygen atoms in total. The Morgan fingerprint density at radius 3 is 2.87 bits per heavy atom. The summed E-state index contributed by atoms with van der Waals surface area (Å²) in [4.78, 5) is 7.87. The van der Waals surface area contributed by atoms with Crippen LogP contribution < -0.4 is 5.32 Å². The Morgan fingerprint density at radius 2 is 2.27 bits per heavy atom. The molecule has 0 saturated heterocycles. The number of aliphatic hydroxyl groups excluding tert-OH is 1. The van der Waals surface area contributed by atoms with Crippen molar-refractivity contribution in [2.45, 2.75) is 19.3 Å². The van der Waals surface area contributed by atoms with Crippen LogP contribution in [0.1, 0.15) is 19.3 Å². The van der Waals surface area contributed by atoms with Crippen LogP contribution in [0, 0.1) is 5.41 Å². The van der Waals surface area contributed by atoms with Crippen LogP contribution in [0.25, 0.3) is 0 Å². The summed E-state index contributed by atoms with van der Waals surface area (Å²) in [6.07, 6.45) is 4.66. The van der Waals surface area contributed by atoms with Crippen molar-refractivity contribution >= 4 is 17.4 Å². The van der Waals surface area contributed by atoms with E-state index in [4.69, 9.17) is 16.7 Å². The Bertz CT molecular complexity index is 341. The second-order valence-electron chi connectivity index (χ2n) is 4.05. The minimum atomic E-state index is 0.256. The first kappa shape index (κ1) is 10.6. The lowest BCUT2D eigenvalue weighted by molar-refractivity contribution is 0.253. The van der Waals surface area contributed by atoms with E-state index in [0.717, 1.165) is 18.8 Å². The fourth-order valence-electron chi connectivity index (χ4n) is 1.64. The zero-order valence-corrected chi connectivity index (χ0v) is 9.17. The van der Waals surface area contributed by atoms with Gasteiger partial charge in [-0.15, -0.1) is 0 Å². The number of halogens is 1. The summed E-state index contributed by atoms with van der Waals surface area (Å²) in [6, 6.07) is 1.70. The van der Waals surface area contributed by atoms with Crippen LogP contribution in [0.5, 0.6) is 0 Å². The number of hydrogen-bond donors (Lipinski definition) is 2. The van der Waals surface area contributed by atoms with Crippen LogP contribution in [-0.2, 0) is 0 Å². The van der Waals surface area contributed by atoms with Gasteiger partial charge in [-0.2, -0.15) is 0 Å². The van der Waals surface area contributed by atoms with Gasteiger partial charge in [-0.25, -0.2) is 9.97 Å². The van der Waals surface area contributed by atoms with E-state index in [-0.39, 0.29) is 12.0 Å². The molecule has 0 atom stereocenters. The van der Waals surface area contributed by atoms with E-state index in [1.165, 1.54) is 19.2 Å². The van der Waals surface area contributed by atoms with Gasteiger partial charge in [0, 0.05) is 19.2 Å². The van der Waals surface area contributed by atoms with Crippen molar-refractivity contribution in [1.29, 1.82) is 0 Å². The molecule has 1 aromatic heterocycles. The van der Waals surface area contributed by atoms with E-state index in [1.54, 1.807) is 6.07 Å². The van der Waals surface area contributed by atoms with Crippen LogP contribution in [0.2, 0.25) is 5.15 Å². The Hall–Kier alpha value is -0.870. The van der Waals surface area contributed by atoms with Gasteiger partial charge in [0.1, 0.15) is 17.3 Å². The van der Waals surface area contributed by atoms with Crippen molar-refractivity contribution in [1.82, 2.24) is 9.97 Å². The third-order valence-corrected chi connectivity index (χ3v) is 3.08. The van der Waals surface area contributed by atoms with Crippen LogP contribution in [0.3, 0.4) is 0 Å². The van der Waals surface area contributed by atoms with E-state index < -0.39 is 0 Å². The van der Waals surface area contributed by atoms with Gasteiger partial charge in [-0.3, -0.25) is 0 Å². The van der Waals surface area contributed by atoms with Gasteiger partial charge in [0.2, 0.25) is 0 Å². The van der Waals surface area contributed by atoms with Crippen molar-refractivity contribution in [3.05, 3.63) is 17.5 Å². The van der Waals surface area contributed by atoms with Gasteiger partial charge < -0.3 is 10.4 Å². The molecule has 1 heterocycles. The third kappa shape index (κ3) is 2.79. The highest BCUT2D eigenvalue weighted by molar-refractivity contribution is 6.29. The second-order valence-corrected chi connectivity index (χ2v) is 4.44. The highest BCUT2D eigenvalue weighted by Gasteiger charge is 2.41. The monoisotopic (exact) mass is 227 g/mol. The Morgan fingerprint density at radius 1 is 1.47 bits per heavy atom. The first-order chi connectivity index (χ1) is 7.24. The summed E-state index contributed by atoms with van der Waals surface area (Å²) in [5.41, 5.74) is 0.284. The van der Waals surface area contributed by atoms with Crippen molar-refractivity contribution in [2.75, 3.05) is 18.5 Å². The lowest BCUT2D eigenvalue weighted by Crippen LogP contribution is -2.17. The smallest absolute Gasteiger partial charge is 0.134 e. The van der Waals surface area contributed by atoms with Crippen LogP contribution in [0.4, 0.5) is 5.82 Å². The molecule has 1 aliphatic rings. The molecule has 1 fully saturated rings. The van der Waals surface area contributed by atoms with Crippen LogP contribution in [0.15, 0.2) is 12.4 Å². The predicted octanol–water partition coefficient (Wildman–Crippen LogP) is 1.70. The second kappa shape index (κ2) is 4.33. The van der Waals surface area contributed by atoms with Crippen molar-refractivity contribution in [3.63, 3.8) is 0 Å². The molecule has 82 valence electrons. The number of nitrogens with one attached hydrogen (secondary N) is 1. The van der Waals surface area contributed by atoms with Gasteiger partial charge in [0.05, 0.1) is 0 Å². The molecule has 0 amide bonds. The standard InChI is InChI=1S/C10H14ClN3O/c11-8-5-9(14-7-13-8)12-6-10(1-2-10)3-4-15/h5,7,15H,1-4,6H2,(H,12,13,14). The fourth-order valence-corrected chi connectivity index (χ4v) is 1.78. The molecule has 15 heavy (non-hydrogen) atoms. The maximum Gasteiger partial charge on any atom is 0.134 e. The van der Waals surface area contributed by atoms with E-state index >= 15 is 0 Å². The first-order valence-corrected chi connectivity index (χ1v) is 5.44. The van der Waals surface area contributed by atoms with Gasteiger partial charge >= 0.3 is 0 Å². The zero-order chi connectivity index (χ0) is 10.7. The Balaban J connectivity index is 1.88. The average molecular weight is 228 g/mol. The van der Waals surface area contributed by atoms with E-state index in [9.17, 15) is 0 Å². The number of hydrogen-bond acceptors (Lipinski definition) is 4. The summed E-state index contributed by atoms with van der Waals surface area (Å²) in [7, 11) is 0. The van der Waals surface area contributed by atoms with Crippen LogP contribution >= 0.6 is 11.6 Å². The summed E-state index contributed by atoms with van der Waals surface area (Å²) in [5, 5.41) is 12.6. The Kier molecular flexibility index (Phi) is 3.07. The number of aromatic nitrogens is 2. The first-order valence-electron chi connectivity index (χ1n) is 5.06. The molecule has 0 bridgehead atoms. The lowest BCUT2D eigenvalue weighted by atomic mass is 10.0. The molecule has 0 aliphatic heterocycles. The molecule has 0 spiro atoms. The number of rotatable bonds is 5. The Labute approximate surface area is 93.7 Å². The average Bonchev–Trinajstić information content (AvgIpc) is 2.97. The quantitative estimate of drug-likeness (QED) is 0.752. The summed E-state index contributed by atoms with van der Waals surface area (Å²) in [5.74, 6) is 0.749. The summed E-state index contributed by atoms with van der Waals surface area (Å²) < 4.78 is 0. The van der Waals surface area contributed by atoms with Gasteiger partial charge in [0.15, 0.2) is 0 Å². The van der Waals surface area contributed by atoms with Gasteiger partial charge in [-0.1, -0.05) is 11.6 Å². The normalized spacial score (nSPS) is 17.5. The largest absolute Gasteiger partial charge is 0.396 e. The van der Waals surface area contributed by atoms with E-state index in [1.807, 2.05) is 0 Å². The highest BCUT2D eigenvalue weighted by atomic mass is 35.5. The topological polar surface area (TPSA) is 58.0 Å². The molecular weight excluding hydrogens is 214 g/mol. The molecule has 0 radical (unpaired) electrons. The zero-order valence-electron chi connectivity index (χ0n) is 8.41. The number of nitrogens with zero attached hydrogens (tertiary/aromatic N) is 2. The van der Waals surface area contributed by atoms with Gasteiger partial charge in [0.25, 0.3) is 0 Å². The predicted molar refractivity (Wildman–Crippen MR) is 58.9 cm³/mol. The molecule has 1 aliphatic carbocycles. The molecule has 0 aromatic carbocycles. The summed E-state index contributed by atoms with van der Waals surface area (Å²) in [6.45, 7) is 1.10. The third-order valence-electron chi connectivity index (χ3n) is 2.88. The number of aliphatic hydroxyl groups is 1. The molecule has 2 N–H and O–H groups in total. The molecule has 0 unspecified atom stereocenters. The van der Waals surface area contributed by atoms with Crippen molar-refractivity contribution in [3.8, 4) is 0 Å². The minimum Gasteiger partial charge on any atom is -0.396 e. The molecule has 5 heteroatoms. The fraction of sp³-hybridized carbons (Fsp3) is 0.600. The SMILES string of the molecule is OCCC1(CNc2cc(Cl)ncn2)CC1. The van der Waals surface area contributed by atoms with E-state index in [0.29, 0.717) is 5.15 Å². The highest BCUT2D eigenvalue weighted by Crippen LogP contribution is 2.48. The maximum atomic E-state index is 8.91. The van der Waals surface area contributed by atoms with Gasteiger partial charge in [-0.05, 0) is 24.7 Å². The molecule has 1 aromatic rings. The van der Waals surface area contributed by atoms with Crippen LogP contribution in [-0.4, -0.2) is 28.2 Å². The molecular formula is C10H14ClN3O. The van der Waals surface area contributed by atoms with Crippen molar-refractivity contribution < 1.29 is 5.11 Å². The molecule has 1 saturated carbocycles. The summed E-state index contributed by atoms with van der Waals surface area (Å²) >= 11 is 5.74. The van der Waals surface area contributed by atoms with Crippen molar-refractivity contribution in [2.24, 2.45) is 5.41 Å². The minimum absolute atomic E-state index is 0.256.